The molecule has 2 aromatic rings. The van der Waals surface area contributed by atoms with Gasteiger partial charge in [0.15, 0.2) is 0 Å². The summed E-state index contributed by atoms with van der Waals surface area (Å²) in [6, 6.07) is 3.85. The van der Waals surface area contributed by atoms with Gasteiger partial charge in [-0.2, -0.15) is 5.10 Å². The van der Waals surface area contributed by atoms with Crippen LogP contribution in [0.1, 0.15) is 21.6 Å². The fourth-order valence-electron chi connectivity index (χ4n) is 1.80. The highest BCUT2D eigenvalue weighted by atomic mass is 16.3. The van der Waals surface area contributed by atoms with Crippen LogP contribution in [0.5, 0.6) is 11.5 Å². The standard InChI is InChI=1S/C13H15N3O3/c1-8-9(7-16(2)15-8)6-14-13(19)11-4-3-10(17)5-12(11)18/h3-5,7,17-18H,6H2,1-2H3,(H,14,19). The van der Waals surface area contributed by atoms with Crippen LogP contribution < -0.4 is 5.32 Å². The predicted molar refractivity (Wildman–Crippen MR) is 68.9 cm³/mol. The summed E-state index contributed by atoms with van der Waals surface area (Å²) < 4.78 is 1.68. The summed E-state index contributed by atoms with van der Waals surface area (Å²) in [6.07, 6.45) is 1.83. The molecule has 19 heavy (non-hydrogen) atoms. The Morgan fingerprint density at radius 2 is 2.16 bits per heavy atom. The van der Waals surface area contributed by atoms with Gasteiger partial charge in [-0.15, -0.1) is 0 Å². The number of phenols is 2. The molecule has 0 aliphatic carbocycles. The van der Waals surface area contributed by atoms with Gasteiger partial charge in [0.25, 0.3) is 5.91 Å². The third-order valence-electron chi connectivity index (χ3n) is 2.78. The number of aromatic nitrogens is 2. The zero-order valence-electron chi connectivity index (χ0n) is 10.7. The van der Waals surface area contributed by atoms with Crippen LogP contribution in [0, 0.1) is 6.92 Å². The number of rotatable bonds is 3. The first-order chi connectivity index (χ1) is 8.97. The molecule has 100 valence electrons. The summed E-state index contributed by atoms with van der Waals surface area (Å²) >= 11 is 0. The highest BCUT2D eigenvalue weighted by molar-refractivity contribution is 5.96. The fourth-order valence-corrected chi connectivity index (χ4v) is 1.80. The van der Waals surface area contributed by atoms with Crippen molar-refractivity contribution in [3.8, 4) is 11.5 Å². The first kappa shape index (κ1) is 12.9. The van der Waals surface area contributed by atoms with E-state index in [1.54, 1.807) is 4.68 Å². The van der Waals surface area contributed by atoms with E-state index in [0.29, 0.717) is 6.54 Å². The molecule has 1 amide bonds. The van der Waals surface area contributed by atoms with E-state index in [4.69, 9.17) is 5.11 Å². The lowest BCUT2D eigenvalue weighted by atomic mass is 10.1. The number of carbonyl (C=O) groups is 1. The molecule has 6 heteroatoms. The van der Waals surface area contributed by atoms with Crippen LogP contribution in [0.15, 0.2) is 24.4 Å². The van der Waals surface area contributed by atoms with Crippen molar-refractivity contribution < 1.29 is 15.0 Å². The number of aryl methyl sites for hydroxylation is 2. The Balaban J connectivity index is 2.07. The number of carbonyl (C=O) groups excluding carboxylic acids is 1. The second kappa shape index (κ2) is 5.01. The lowest BCUT2D eigenvalue weighted by Gasteiger charge is -2.06. The van der Waals surface area contributed by atoms with Crippen molar-refractivity contribution in [2.45, 2.75) is 13.5 Å². The summed E-state index contributed by atoms with van der Waals surface area (Å²) in [6.45, 7) is 2.19. The first-order valence-corrected chi connectivity index (χ1v) is 5.76. The number of nitrogens with one attached hydrogen (secondary N) is 1. The number of hydrogen-bond donors (Lipinski definition) is 3. The van der Waals surface area contributed by atoms with Gasteiger partial charge in [0.2, 0.25) is 0 Å². The minimum Gasteiger partial charge on any atom is -0.508 e. The molecule has 6 nitrogen and oxygen atoms in total. The van der Waals surface area contributed by atoms with Crippen LogP contribution in [-0.4, -0.2) is 25.9 Å². The zero-order chi connectivity index (χ0) is 14.0. The Morgan fingerprint density at radius 3 is 2.74 bits per heavy atom. The SMILES string of the molecule is Cc1nn(C)cc1CNC(=O)c1ccc(O)cc1O. The number of phenolic OH excluding ortho intramolecular Hbond substituents is 2. The molecule has 0 bridgehead atoms. The third kappa shape index (κ3) is 2.85. The van der Waals surface area contributed by atoms with Gasteiger partial charge >= 0.3 is 0 Å². The van der Waals surface area contributed by atoms with E-state index in [9.17, 15) is 9.90 Å². The summed E-state index contributed by atoms with van der Waals surface area (Å²) in [5.41, 5.74) is 1.88. The average Bonchev–Trinajstić information content (AvgIpc) is 2.65. The van der Waals surface area contributed by atoms with E-state index in [1.807, 2.05) is 20.2 Å². The molecule has 1 aromatic carbocycles. The van der Waals surface area contributed by atoms with Crippen LogP contribution in [-0.2, 0) is 13.6 Å². The number of benzene rings is 1. The molecule has 0 saturated heterocycles. The monoisotopic (exact) mass is 261 g/mol. The molecule has 3 N–H and O–H groups in total. The molecular formula is C13H15N3O3. The quantitative estimate of drug-likeness (QED) is 0.771. The van der Waals surface area contributed by atoms with E-state index < -0.39 is 5.91 Å². The van der Waals surface area contributed by atoms with Crippen LogP contribution in [0.2, 0.25) is 0 Å². The summed E-state index contributed by atoms with van der Waals surface area (Å²) in [5, 5.41) is 25.6. The minimum absolute atomic E-state index is 0.0860. The van der Waals surface area contributed by atoms with E-state index in [0.717, 1.165) is 17.3 Å². The maximum atomic E-state index is 11.9. The van der Waals surface area contributed by atoms with E-state index >= 15 is 0 Å². The number of nitrogens with zero attached hydrogens (tertiary/aromatic N) is 2. The van der Waals surface area contributed by atoms with Crippen molar-refractivity contribution in [1.82, 2.24) is 15.1 Å². The van der Waals surface area contributed by atoms with Gasteiger partial charge in [-0.1, -0.05) is 0 Å². The van der Waals surface area contributed by atoms with Crippen molar-refractivity contribution in [1.29, 1.82) is 0 Å². The number of amides is 1. The molecule has 0 aliphatic heterocycles. The molecular weight excluding hydrogens is 246 g/mol. The molecule has 0 spiro atoms. The van der Waals surface area contributed by atoms with Crippen molar-refractivity contribution in [2.24, 2.45) is 7.05 Å². The van der Waals surface area contributed by atoms with Gasteiger partial charge in [-0.3, -0.25) is 9.48 Å². The molecule has 0 radical (unpaired) electrons. The lowest BCUT2D eigenvalue weighted by Crippen LogP contribution is -2.23. The smallest absolute Gasteiger partial charge is 0.255 e. The largest absolute Gasteiger partial charge is 0.508 e. The predicted octanol–water partition coefficient (Wildman–Crippen LogP) is 1.07. The second-order valence-corrected chi connectivity index (χ2v) is 4.30. The third-order valence-corrected chi connectivity index (χ3v) is 2.78. The van der Waals surface area contributed by atoms with E-state index in [2.05, 4.69) is 10.4 Å². The zero-order valence-corrected chi connectivity index (χ0v) is 10.7. The minimum atomic E-state index is -0.402. The Morgan fingerprint density at radius 1 is 1.42 bits per heavy atom. The van der Waals surface area contributed by atoms with Gasteiger partial charge in [-0.05, 0) is 19.1 Å². The van der Waals surface area contributed by atoms with Gasteiger partial charge in [0, 0.05) is 31.4 Å². The van der Waals surface area contributed by atoms with Crippen molar-refractivity contribution >= 4 is 5.91 Å². The Bertz CT molecular complexity index is 620. The molecule has 0 unspecified atom stereocenters. The Labute approximate surface area is 110 Å². The molecule has 1 aromatic heterocycles. The van der Waals surface area contributed by atoms with Crippen LogP contribution >= 0.6 is 0 Å². The van der Waals surface area contributed by atoms with Gasteiger partial charge in [0.1, 0.15) is 11.5 Å². The maximum Gasteiger partial charge on any atom is 0.255 e. The van der Waals surface area contributed by atoms with E-state index in [-0.39, 0.29) is 17.1 Å². The normalized spacial score (nSPS) is 10.4. The van der Waals surface area contributed by atoms with Crippen molar-refractivity contribution in [2.75, 3.05) is 0 Å². The molecule has 1 heterocycles. The second-order valence-electron chi connectivity index (χ2n) is 4.30. The highest BCUT2D eigenvalue weighted by Crippen LogP contribution is 2.22. The van der Waals surface area contributed by atoms with Gasteiger partial charge < -0.3 is 15.5 Å². The first-order valence-electron chi connectivity index (χ1n) is 5.76. The number of aromatic hydroxyl groups is 2. The maximum absolute atomic E-state index is 11.9. The average molecular weight is 261 g/mol. The summed E-state index contributed by atoms with van der Waals surface area (Å²) in [7, 11) is 1.81. The number of hydrogen-bond acceptors (Lipinski definition) is 4. The van der Waals surface area contributed by atoms with Crippen LogP contribution in [0.25, 0.3) is 0 Å². The van der Waals surface area contributed by atoms with Crippen molar-refractivity contribution in [3.63, 3.8) is 0 Å². The van der Waals surface area contributed by atoms with Gasteiger partial charge in [0.05, 0.1) is 11.3 Å². The van der Waals surface area contributed by atoms with Crippen LogP contribution in [0.4, 0.5) is 0 Å². The topological polar surface area (TPSA) is 87.4 Å². The van der Waals surface area contributed by atoms with E-state index in [1.165, 1.54) is 12.1 Å². The molecule has 0 aliphatic rings. The summed E-state index contributed by atoms with van der Waals surface area (Å²) in [5.74, 6) is -0.738. The van der Waals surface area contributed by atoms with Crippen molar-refractivity contribution in [3.05, 3.63) is 41.2 Å². The molecule has 0 saturated carbocycles. The molecule has 0 atom stereocenters. The Kier molecular flexibility index (Phi) is 3.41. The van der Waals surface area contributed by atoms with Gasteiger partial charge in [-0.25, -0.2) is 0 Å². The molecule has 2 rings (SSSR count). The fraction of sp³-hybridized carbons (Fsp3) is 0.231. The Hall–Kier alpha value is -2.50. The molecule has 0 fully saturated rings. The lowest BCUT2D eigenvalue weighted by molar-refractivity contribution is 0.0948. The summed E-state index contributed by atoms with van der Waals surface area (Å²) in [4.78, 5) is 11.9. The highest BCUT2D eigenvalue weighted by Gasteiger charge is 2.12. The van der Waals surface area contributed by atoms with Crippen LogP contribution in [0.3, 0.4) is 0 Å².